The molecule has 0 aliphatic carbocycles. The fraction of sp³-hybridized carbons (Fsp3) is 0.489. The molecule has 1 unspecified atom stereocenters. The number of carbonyl (C=O) groups excluding carboxylic acids is 3. The molecule has 1 saturated heterocycles. The first-order valence-electron chi connectivity index (χ1n) is 21.4. The number of rotatable bonds is 15. The summed E-state index contributed by atoms with van der Waals surface area (Å²) < 4.78 is 8.57. The number of fused-ring (bicyclic) bond motifs is 1. The standard InChI is InChI=1S/C47H63ClN6O4Si/c1-9-11-23-50(24-12-10-2)46(57)42-27-34(3)54(49-42)43-22-21-39(51-25-26-52(44(55)32-51)30-35-17-19-38(48)20-18-35)29-41(43)45(56)53-31-37-16-14-13-15-36(37)28-40(53)33-58-59(7,8)47(4,5)6/h13-22,27,29,40H,9-12,23-26,28,30-33H2,1-8H3. The van der Waals surface area contributed by atoms with Crippen molar-refractivity contribution in [2.24, 2.45) is 0 Å². The molecular weight excluding hydrogens is 776 g/mol. The van der Waals surface area contributed by atoms with E-state index in [2.05, 4.69) is 70.8 Å². The van der Waals surface area contributed by atoms with Crippen molar-refractivity contribution >= 4 is 43.3 Å². The maximum Gasteiger partial charge on any atom is 0.274 e. The van der Waals surface area contributed by atoms with E-state index in [0.29, 0.717) is 74.3 Å². The number of carbonyl (C=O) groups is 3. The first-order valence-corrected chi connectivity index (χ1v) is 24.7. The minimum atomic E-state index is -2.14. The van der Waals surface area contributed by atoms with Crippen molar-refractivity contribution in [3.05, 3.63) is 111 Å². The Hall–Kier alpha value is -4.45. The zero-order chi connectivity index (χ0) is 42.5. The van der Waals surface area contributed by atoms with Gasteiger partial charge in [-0.1, -0.05) is 95.5 Å². The molecular formula is C47H63ClN6O4Si. The highest BCUT2D eigenvalue weighted by Crippen LogP contribution is 2.38. The summed E-state index contributed by atoms with van der Waals surface area (Å²) in [5.41, 5.74) is 6.34. The highest BCUT2D eigenvalue weighted by molar-refractivity contribution is 6.74. The van der Waals surface area contributed by atoms with Crippen LogP contribution in [0, 0.1) is 6.92 Å². The van der Waals surface area contributed by atoms with Gasteiger partial charge in [0, 0.05) is 55.7 Å². The Morgan fingerprint density at radius 2 is 1.59 bits per heavy atom. The number of nitrogens with zero attached hydrogens (tertiary/aromatic N) is 6. The first-order chi connectivity index (χ1) is 28.1. The van der Waals surface area contributed by atoms with Crippen LogP contribution in [0.5, 0.6) is 0 Å². The Morgan fingerprint density at radius 3 is 2.24 bits per heavy atom. The lowest BCUT2D eigenvalue weighted by Crippen LogP contribution is -2.51. The summed E-state index contributed by atoms with van der Waals surface area (Å²) in [6.07, 6.45) is 4.51. The molecule has 1 atom stereocenters. The Morgan fingerprint density at radius 1 is 0.915 bits per heavy atom. The smallest absolute Gasteiger partial charge is 0.274 e. The second-order valence-electron chi connectivity index (χ2n) is 17.8. The third-order valence-corrected chi connectivity index (χ3v) is 17.2. The quantitative estimate of drug-likeness (QED) is 0.111. The van der Waals surface area contributed by atoms with Crippen LogP contribution < -0.4 is 4.90 Å². The van der Waals surface area contributed by atoms with E-state index in [1.54, 1.807) is 4.68 Å². The van der Waals surface area contributed by atoms with Crippen LogP contribution in [0.1, 0.15) is 104 Å². The molecule has 0 saturated carbocycles. The molecule has 1 aromatic heterocycles. The van der Waals surface area contributed by atoms with Crippen molar-refractivity contribution in [2.75, 3.05) is 44.2 Å². The Labute approximate surface area is 357 Å². The summed E-state index contributed by atoms with van der Waals surface area (Å²) in [4.78, 5) is 50.7. The number of anilines is 1. The van der Waals surface area contributed by atoms with E-state index in [9.17, 15) is 9.59 Å². The van der Waals surface area contributed by atoms with E-state index >= 15 is 4.79 Å². The largest absolute Gasteiger partial charge is 0.415 e. The molecule has 0 spiro atoms. The fourth-order valence-electron chi connectivity index (χ4n) is 7.63. The predicted molar refractivity (Wildman–Crippen MR) is 240 cm³/mol. The van der Waals surface area contributed by atoms with Crippen LogP contribution in [-0.4, -0.2) is 95.9 Å². The summed E-state index contributed by atoms with van der Waals surface area (Å²) in [6.45, 7) is 21.5. The molecule has 10 nitrogen and oxygen atoms in total. The number of hydrogen-bond donors (Lipinski definition) is 0. The van der Waals surface area contributed by atoms with Crippen molar-refractivity contribution in [3.8, 4) is 5.69 Å². The molecule has 3 aromatic carbocycles. The van der Waals surface area contributed by atoms with Crippen LogP contribution in [0.25, 0.3) is 5.69 Å². The summed E-state index contributed by atoms with van der Waals surface area (Å²) in [7, 11) is -2.14. The third-order valence-electron chi connectivity index (χ3n) is 12.4. The van der Waals surface area contributed by atoms with Gasteiger partial charge in [0.2, 0.25) is 5.91 Å². The van der Waals surface area contributed by atoms with Gasteiger partial charge in [-0.05, 0) is 97.4 Å². The van der Waals surface area contributed by atoms with Crippen LogP contribution >= 0.6 is 11.6 Å². The molecule has 3 amide bonds. The fourth-order valence-corrected chi connectivity index (χ4v) is 8.80. The van der Waals surface area contributed by atoms with E-state index in [0.717, 1.165) is 48.2 Å². The highest BCUT2D eigenvalue weighted by atomic mass is 35.5. The molecule has 0 bridgehead atoms. The van der Waals surface area contributed by atoms with Crippen molar-refractivity contribution in [1.82, 2.24) is 24.5 Å². The highest BCUT2D eigenvalue weighted by Gasteiger charge is 2.40. The SMILES string of the molecule is CCCCN(CCCC)C(=O)c1cc(C)n(-c2ccc(N3CCN(Cc4ccc(Cl)cc4)C(=O)C3)cc2C(=O)N2Cc3ccccc3CC2CO[Si](C)(C)C(C)(C)C)n1. The molecule has 2 aliphatic rings. The van der Waals surface area contributed by atoms with Crippen LogP contribution in [0.3, 0.4) is 0 Å². The molecule has 12 heteroatoms. The van der Waals surface area contributed by atoms with Gasteiger partial charge in [0.25, 0.3) is 11.8 Å². The van der Waals surface area contributed by atoms with Gasteiger partial charge in [0.1, 0.15) is 0 Å². The average molecular weight is 840 g/mol. The van der Waals surface area contributed by atoms with Gasteiger partial charge >= 0.3 is 0 Å². The zero-order valence-corrected chi connectivity index (χ0v) is 38.1. The molecule has 0 radical (unpaired) electrons. The molecule has 1 fully saturated rings. The number of benzene rings is 3. The van der Waals surface area contributed by atoms with Gasteiger partial charge in [-0.2, -0.15) is 5.10 Å². The zero-order valence-electron chi connectivity index (χ0n) is 36.4. The van der Waals surface area contributed by atoms with E-state index < -0.39 is 8.32 Å². The van der Waals surface area contributed by atoms with E-state index in [1.165, 1.54) is 5.56 Å². The number of piperazine rings is 1. The van der Waals surface area contributed by atoms with E-state index in [4.69, 9.17) is 21.1 Å². The van der Waals surface area contributed by atoms with Crippen molar-refractivity contribution in [2.45, 2.75) is 111 Å². The molecule has 2 aliphatic heterocycles. The summed E-state index contributed by atoms with van der Waals surface area (Å²) in [6, 6.07) is 23.4. The second-order valence-corrected chi connectivity index (χ2v) is 23.0. The number of unbranched alkanes of at least 4 members (excludes halogenated alkanes) is 2. The lowest BCUT2D eigenvalue weighted by Gasteiger charge is -2.41. The minimum absolute atomic E-state index is 0.0143. The monoisotopic (exact) mass is 838 g/mol. The summed E-state index contributed by atoms with van der Waals surface area (Å²) >= 11 is 6.11. The van der Waals surface area contributed by atoms with Crippen LogP contribution in [0.2, 0.25) is 23.2 Å². The van der Waals surface area contributed by atoms with Crippen molar-refractivity contribution in [3.63, 3.8) is 0 Å². The van der Waals surface area contributed by atoms with Gasteiger partial charge in [-0.25, -0.2) is 4.68 Å². The van der Waals surface area contributed by atoms with Gasteiger partial charge < -0.3 is 24.0 Å². The Balaban J connectivity index is 1.37. The predicted octanol–water partition coefficient (Wildman–Crippen LogP) is 9.31. The topological polar surface area (TPSA) is 91.2 Å². The first kappa shape index (κ1) is 44.1. The van der Waals surface area contributed by atoms with Crippen LogP contribution in [-0.2, 0) is 28.7 Å². The van der Waals surface area contributed by atoms with Crippen LogP contribution in [0.15, 0.2) is 72.8 Å². The molecule has 6 rings (SSSR count). The third kappa shape index (κ3) is 10.3. The van der Waals surface area contributed by atoms with Crippen LogP contribution in [0.4, 0.5) is 5.69 Å². The van der Waals surface area contributed by atoms with Gasteiger partial charge in [-0.15, -0.1) is 0 Å². The van der Waals surface area contributed by atoms with Crippen molar-refractivity contribution in [1.29, 1.82) is 0 Å². The van der Waals surface area contributed by atoms with E-state index in [1.807, 2.05) is 76.2 Å². The average Bonchev–Trinajstić information content (AvgIpc) is 3.61. The van der Waals surface area contributed by atoms with Gasteiger partial charge in [-0.3, -0.25) is 14.4 Å². The summed E-state index contributed by atoms with van der Waals surface area (Å²) in [5, 5.41) is 5.60. The number of hydrogen-bond acceptors (Lipinski definition) is 6. The number of aryl methyl sites for hydroxylation is 1. The van der Waals surface area contributed by atoms with Gasteiger partial charge in [0.15, 0.2) is 14.0 Å². The molecule has 4 aromatic rings. The van der Waals surface area contributed by atoms with Crippen molar-refractivity contribution < 1.29 is 18.8 Å². The number of amides is 3. The Bertz CT molecular complexity index is 2100. The minimum Gasteiger partial charge on any atom is -0.415 e. The second kappa shape index (κ2) is 18.9. The number of halogens is 1. The number of aromatic nitrogens is 2. The lowest BCUT2D eigenvalue weighted by molar-refractivity contribution is -0.131. The molecule has 0 N–H and O–H groups in total. The Kier molecular flexibility index (Phi) is 14.1. The molecule has 316 valence electrons. The normalized spacial score (nSPS) is 16.1. The maximum absolute atomic E-state index is 15.4. The molecule has 59 heavy (non-hydrogen) atoms. The maximum atomic E-state index is 15.4. The van der Waals surface area contributed by atoms with E-state index in [-0.39, 0.29) is 35.3 Å². The lowest BCUT2D eigenvalue weighted by atomic mass is 9.93. The molecule has 3 heterocycles. The summed E-state index contributed by atoms with van der Waals surface area (Å²) in [5.74, 6) is -0.215. The van der Waals surface area contributed by atoms with Gasteiger partial charge in [0.05, 0.1) is 30.4 Å².